The minimum absolute atomic E-state index is 0.276. The zero-order valence-corrected chi connectivity index (χ0v) is 13.7. The van der Waals surface area contributed by atoms with E-state index in [1.807, 2.05) is 39.0 Å². The van der Waals surface area contributed by atoms with E-state index in [0.717, 1.165) is 24.0 Å². The lowest BCUT2D eigenvalue weighted by Gasteiger charge is -2.29. The van der Waals surface area contributed by atoms with Crippen LogP contribution in [0.5, 0.6) is 0 Å². The van der Waals surface area contributed by atoms with Gasteiger partial charge in [0, 0.05) is 18.8 Å². The first-order chi connectivity index (χ1) is 10.8. The lowest BCUT2D eigenvalue weighted by atomic mass is 10.1. The fourth-order valence-electron chi connectivity index (χ4n) is 2.28. The molecule has 0 spiro atoms. The van der Waals surface area contributed by atoms with Crippen LogP contribution in [-0.2, 0) is 4.74 Å². The van der Waals surface area contributed by atoms with E-state index in [-0.39, 0.29) is 11.9 Å². The number of carbonyl (C=O) groups is 1. The molecule has 0 radical (unpaired) electrons. The second-order valence-corrected chi connectivity index (χ2v) is 6.33. The Morgan fingerprint density at radius 3 is 2.78 bits per heavy atom. The summed E-state index contributed by atoms with van der Waals surface area (Å²) in [7, 11) is 0. The molecule has 7 heteroatoms. The molecule has 7 nitrogen and oxygen atoms in total. The van der Waals surface area contributed by atoms with Gasteiger partial charge in [-0.25, -0.2) is 9.79 Å². The third-order valence-corrected chi connectivity index (χ3v) is 3.37. The Morgan fingerprint density at radius 2 is 2.22 bits per heavy atom. The Morgan fingerprint density at radius 1 is 1.48 bits per heavy atom. The van der Waals surface area contributed by atoms with Crippen molar-refractivity contribution in [3.8, 4) is 0 Å². The third kappa shape index (κ3) is 4.45. The lowest BCUT2D eigenvalue weighted by Crippen LogP contribution is -2.39. The van der Waals surface area contributed by atoms with Gasteiger partial charge in [-0.05, 0) is 44.9 Å². The zero-order valence-electron chi connectivity index (χ0n) is 13.7. The van der Waals surface area contributed by atoms with Crippen molar-refractivity contribution < 1.29 is 9.53 Å². The quantitative estimate of drug-likeness (QED) is 0.588. The molecule has 2 rings (SSSR count). The first-order valence-corrected chi connectivity index (χ1v) is 7.49. The number of nitrogens with zero attached hydrogens (tertiary/aromatic N) is 2. The van der Waals surface area contributed by atoms with Crippen LogP contribution in [-0.4, -0.2) is 46.8 Å². The topological polar surface area (TPSA) is 108 Å². The van der Waals surface area contributed by atoms with Crippen LogP contribution in [0.1, 0.15) is 38.6 Å². The molecule has 0 saturated carbocycles. The highest BCUT2D eigenvalue weighted by Crippen LogP contribution is 2.23. The van der Waals surface area contributed by atoms with Gasteiger partial charge in [0.25, 0.3) is 0 Å². The zero-order chi connectivity index (χ0) is 17.0. The SMILES string of the molecule is CC(C)(C)OC(=O)N1CC=C(c2ccc(C(N)=NC=N)[nH]2)CC1. The molecule has 0 aliphatic carbocycles. The summed E-state index contributed by atoms with van der Waals surface area (Å²) in [4.78, 5) is 20.6. The Kier molecular flexibility index (Phi) is 4.88. The fraction of sp³-hybridized carbons (Fsp3) is 0.438. The van der Waals surface area contributed by atoms with Crippen molar-refractivity contribution in [1.82, 2.24) is 9.88 Å². The highest BCUT2D eigenvalue weighted by atomic mass is 16.6. The average Bonchev–Trinajstić information content (AvgIpc) is 2.96. The van der Waals surface area contributed by atoms with Crippen LogP contribution in [0.15, 0.2) is 23.2 Å². The molecular weight excluding hydrogens is 294 g/mol. The van der Waals surface area contributed by atoms with E-state index in [9.17, 15) is 4.79 Å². The molecule has 1 aliphatic heterocycles. The summed E-state index contributed by atoms with van der Waals surface area (Å²) in [5, 5.41) is 6.94. The van der Waals surface area contributed by atoms with Crippen LogP contribution in [0.25, 0.3) is 5.57 Å². The van der Waals surface area contributed by atoms with Crippen LogP contribution >= 0.6 is 0 Å². The molecule has 1 aromatic rings. The fourth-order valence-corrected chi connectivity index (χ4v) is 2.28. The monoisotopic (exact) mass is 317 g/mol. The normalized spacial score (nSPS) is 16.0. The molecule has 1 aliphatic rings. The first kappa shape index (κ1) is 16.8. The number of carbonyl (C=O) groups excluding carboxylic acids is 1. The van der Waals surface area contributed by atoms with E-state index < -0.39 is 5.60 Å². The maximum absolute atomic E-state index is 12.0. The summed E-state index contributed by atoms with van der Waals surface area (Å²) in [5.41, 5.74) is 8.02. The second-order valence-electron chi connectivity index (χ2n) is 6.33. The van der Waals surface area contributed by atoms with Crippen molar-refractivity contribution in [2.45, 2.75) is 32.8 Å². The molecule has 2 heterocycles. The number of amides is 1. The summed E-state index contributed by atoms with van der Waals surface area (Å²) < 4.78 is 5.38. The van der Waals surface area contributed by atoms with Crippen LogP contribution in [0.2, 0.25) is 0 Å². The summed E-state index contributed by atoms with van der Waals surface area (Å²) in [6, 6.07) is 3.76. The van der Waals surface area contributed by atoms with Crippen molar-refractivity contribution in [1.29, 1.82) is 5.41 Å². The largest absolute Gasteiger partial charge is 0.444 e. The number of ether oxygens (including phenoxy) is 1. The number of nitrogens with one attached hydrogen (secondary N) is 2. The predicted octanol–water partition coefficient (Wildman–Crippen LogP) is 2.35. The van der Waals surface area contributed by atoms with E-state index in [1.54, 1.807) is 4.90 Å². The Bertz CT molecular complexity index is 652. The van der Waals surface area contributed by atoms with Gasteiger partial charge in [0.05, 0.1) is 5.69 Å². The van der Waals surface area contributed by atoms with E-state index >= 15 is 0 Å². The predicted molar refractivity (Wildman–Crippen MR) is 90.7 cm³/mol. The number of rotatable bonds is 3. The van der Waals surface area contributed by atoms with Gasteiger partial charge in [-0.15, -0.1) is 0 Å². The minimum Gasteiger partial charge on any atom is -0.444 e. The van der Waals surface area contributed by atoms with E-state index in [0.29, 0.717) is 18.8 Å². The number of aromatic amines is 1. The van der Waals surface area contributed by atoms with Gasteiger partial charge < -0.3 is 20.4 Å². The standard InChI is InChI=1S/C16H23N5O2/c1-16(2,3)23-15(22)21-8-6-11(7-9-21)12-4-5-13(20-12)14(18)19-10-17/h4-6,10,20H,7-9H2,1-3H3,(H3,17,18,19). The van der Waals surface area contributed by atoms with Gasteiger partial charge >= 0.3 is 6.09 Å². The smallest absolute Gasteiger partial charge is 0.410 e. The molecule has 0 atom stereocenters. The Hall–Kier alpha value is -2.57. The minimum atomic E-state index is -0.485. The first-order valence-electron chi connectivity index (χ1n) is 7.49. The molecule has 4 N–H and O–H groups in total. The molecule has 124 valence electrons. The maximum Gasteiger partial charge on any atom is 0.410 e. The van der Waals surface area contributed by atoms with Crippen LogP contribution in [0.4, 0.5) is 4.79 Å². The van der Waals surface area contributed by atoms with Crippen molar-refractivity contribution in [2.75, 3.05) is 13.1 Å². The van der Waals surface area contributed by atoms with Crippen LogP contribution in [0, 0.1) is 5.41 Å². The van der Waals surface area contributed by atoms with E-state index in [1.165, 1.54) is 0 Å². The van der Waals surface area contributed by atoms with Gasteiger partial charge in [0.2, 0.25) is 0 Å². The summed E-state index contributed by atoms with van der Waals surface area (Å²) in [6.45, 7) is 6.70. The summed E-state index contributed by atoms with van der Waals surface area (Å²) in [6.07, 6.45) is 3.37. The van der Waals surface area contributed by atoms with Gasteiger partial charge in [-0.3, -0.25) is 5.41 Å². The lowest BCUT2D eigenvalue weighted by molar-refractivity contribution is 0.0270. The molecular formula is C16H23N5O2. The van der Waals surface area contributed by atoms with Crippen molar-refractivity contribution in [3.63, 3.8) is 0 Å². The molecule has 1 aromatic heterocycles. The Balaban J connectivity index is 2.03. The van der Waals surface area contributed by atoms with Crippen molar-refractivity contribution >= 4 is 23.8 Å². The Labute approximate surface area is 135 Å². The number of amidine groups is 1. The number of hydrogen-bond acceptors (Lipinski definition) is 3. The highest BCUT2D eigenvalue weighted by Gasteiger charge is 2.24. The van der Waals surface area contributed by atoms with Gasteiger partial charge in [0.15, 0.2) is 0 Å². The van der Waals surface area contributed by atoms with E-state index in [2.05, 4.69) is 9.98 Å². The molecule has 0 fully saturated rings. The number of hydrogen-bond donors (Lipinski definition) is 3. The van der Waals surface area contributed by atoms with Crippen LogP contribution < -0.4 is 5.73 Å². The molecule has 1 amide bonds. The third-order valence-electron chi connectivity index (χ3n) is 3.37. The summed E-state index contributed by atoms with van der Waals surface area (Å²) in [5.74, 6) is 0.276. The molecule has 0 bridgehead atoms. The van der Waals surface area contributed by atoms with Crippen molar-refractivity contribution in [2.24, 2.45) is 10.7 Å². The summed E-state index contributed by atoms with van der Waals surface area (Å²) >= 11 is 0. The molecule has 0 aromatic carbocycles. The van der Waals surface area contributed by atoms with Gasteiger partial charge in [-0.2, -0.15) is 0 Å². The number of nitrogens with two attached hydrogens (primary N) is 1. The molecule has 0 unspecified atom stereocenters. The number of H-pyrrole nitrogens is 1. The van der Waals surface area contributed by atoms with Gasteiger partial charge in [0.1, 0.15) is 17.8 Å². The average molecular weight is 317 g/mol. The maximum atomic E-state index is 12.0. The van der Waals surface area contributed by atoms with Crippen LogP contribution in [0.3, 0.4) is 0 Å². The number of aliphatic imine (C=N–C) groups is 1. The van der Waals surface area contributed by atoms with E-state index in [4.69, 9.17) is 15.9 Å². The van der Waals surface area contributed by atoms with Crippen molar-refractivity contribution in [3.05, 3.63) is 29.6 Å². The molecule has 23 heavy (non-hydrogen) atoms. The van der Waals surface area contributed by atoms with Gasteiger partial charge in [-0.1, -0.05) is 6.08 Å². The number of aromatic nitrogens is 1. The second kappa shape index (κ2) is 6.68. The highest BCUT2D eigenvalue weighted by molar-refractivity contribution is 6.00. The molecule has 0 saturated heterocycles.